The zero-order valence-electron chi connectivity index (χ0n) is 29.0. The summed E-state index contributed by atoms with van der Waals surface area (Å²) in [5.74, 6) is -3.91. The number of aromatic nitrogens is 1. The molecule has 53 heavy (non-hydrogen) atoms. The lowest BCUT2D eigenvalue weighted by Crippen LogP contribution is -2.35. The van der Waals surface area contributed by atoms with Crippen LogP contribution in [0.2, 0.25) is 0 Å². The molecule has 3 aromatic rings. The van der Waals surface area contributed by atoms with Gasteiger partial charge >= 0.3 is 29.8 Å². The van der Waals surface area contributed by atoms with Crippen LogP contribution in [0.3, 0.4) is 0 Å². The van der Waals surface area contributed by atoms with Crippen molar-refractivity contribution in [1.29, 1.82) is 0 Å². The third-order valence-corrected chi connectivity index (χ3v) is 7.85. The maximum atomic E-state index is 11.7. The molecular formula is C33H49N7O11S2. The molecule has 1 amide bonds. The lowest BCUT2D eigenvalue weighted by atomic mass is 10.1. The number of esters is 1. The number of carboxylic acids is 4. The van der Waals surface area contributed by atoms with E-state index in [0.717, 1.165) is 22.2 Å². The lowest BCUT2D eigenvalue weighted by molar-refractivity contribution is -0.139. The largest absolute Gasteiger partial charge is 0.480 e. The second-order valence-electron chi connectivity index (χ2n) is 11.2. The third kappa shape index (κ3) is 20.8. The second kappa shape index (κ2) is 26.1. The van der Waals surface area contributed by atoms with E-state index in [-0.39, 0.29) is 30.8 Å². The van der Waals surface area contributed by atoms with Gasteiger partial charge in [-0.05, 0) is 60.6 Å². The minimum absolute atomic E-state index is 0.00226. The summed E-state index contributed by atoms with van der Waals surface area (Å²) in [6.07, 6.45) is 4.92. The first-order valence-corrected chi connectivity index (χ1v) is 17.8. The Labute approximate surface area is 315 Å². The number of thiol groups is 1. The number of thioether (sulfide) groups is 1. The van der Waals surface area contributed by atoms with Crippen LogP contribution >= 0.6 is 24.4 Å². The summed E-state index contributed by atoms with van der Waals surface area (Å²) in [4.78, 5) is 66.5. The normalized spacial score (nSPS) is 13.1. The zero-order chi connectivity index (χ0) is 40.7. The number of fused-ring (bicyclic) bond motifs is 1. The van der Waals surface area contributed by atoms with E-state index in [1.54, 1.807) is 23.9 Å². The topological polar surface area (TPSA) is 364 Å². The smallest absolute Gasteiger partial charge is 0.328 e. The molecule has 0 fully saturated rings. The fourth-order valence-corrected chi connectivity index (χ4v) is 4.36. The van der Waals surface area contributed by atoms with E-state index in [4.69, 9.17) is 59.6 Å². The quantitative estimate of drug-likeness (QED) is 0.0476. The molecule has 1 aromatic heterocycles. The van der Waals surface area contributed by atoms with E-state index in [1.807, 2.05) is 36.7 Å². The van der Waals surface area contributed by atoms with Gasteiger partial charge in [0.2, 0.25) is 5.91 Å². The second-order valence-corrected chi connectivity index (χ2v) is 12.5. The summed E-state index contributed by atoms with van der Waals surface area (Å²) in [6, 6.07) is 9.74. The van der Waals surface area contributed by atoms with Crippen LogP contribution in [0.15, 0.2) is 54.7 Å². The Morgan fingerprint density at radius 2 is 1.26 bits per heavy atom. The molecule has 0 spiro atoms. The van der Waals surface area contributed by atoms with Crippen molar-refractivity contribution in [2.45, 2.75) is 62.3 Å². The number of aromatic amines is 1. The fourth-order valence-electron chi connectivity index (χ4n) is 3.71. The van der Waals surface area contributed by atoms with Gasteiger partial charge in [-0.15, -0.1) is 0 Å². The highest BCUT2D eigenvalue weighted by molar-refractivity contribution is 7.98. The van der Waals surface area contributed by atoms with Crippen molar-refractivity contribution in [3.8, 4) is 5.75 Å². The molecule has 0 aliphatic carbocycles. The molecule has 20 heteroatoms. The van der Waals surface area contributed by atoms with E-state index in [9.17, 15) is 28.8 Å². The van der Waals surface area contributed by atoms with Crippen molar-refractivity contribution in [2.75, 3.05) is 17.8 Å². The van der Waals surface area contributed by atoms with Gasteiger partial charge in [0.1, 0.15) is 36.0 Å². The summed E-state index contributed by atoms with van der Waals surface area (Å²) in [7, 11) is 0. The van der Waals surface area contributed by atoms with Crippen LogP contribution in [0.4, 0.5) is 0 Å². The molecule has 294 valence electrons. The average Bonchev–Trinajstić information content (AvgIpc) is 3.52. The number of nitrogens with one attached hydrogen (secondary N) is 1. The van der Waals surface area contributed by atoms with E-state index < -0.39 is 66.0 Å². The van der Waals surface area contributed by atoms with Crippen LogP contribution in [0, 0.1) is 0 Å². The maximum Gasteiger partial charge on any atom is 0.328 e. The van der Waals surface area contributed by atoms with Crippen LogP contribution in [0.25, 0.3) is 10.9 Å². The van der Waals surface area contributed by atoms with Gasteiger partial charge in [0.15, 0.2) is 0 Å². The Morgan fingerprint density at radius 3 is 1.74 bits per heavy atom. The summed E-state index contributed by atoms with van der Waals surface area (Å²) in [5.41, 5.74) is 34.2. The molecule has 1 heterocycles. The SMILES string of the molecule is CSCC[C@H](N)C(=O)O.NC(=O)CC[C@H](N)C(=O)Oc1ccc(C[C@H](N)C(=O)O)cc1.N[C@@H](CS)C(=O)O.N[C@@H](Cc1c[nH]c2ccccc12)C(=O)O. The van der Waals surface area contributed by atoms with Crippen molar-refractivity contribution in [3.63, 3.8) is 0 Å². The molecule has 0 saturated heterocycles. The molecule has 0 aliphatic heterocycles. The fraction of sp³-hybridized carbons (Fsp3) is 0.394. The number of amides is 1. The van der Waals surface area contributed by atoms with Crippen LogP contribution in [-0.2, 0) is 41.6 Å². The molecule has 0 bridgehead atoms. The zero-order valence-corrected chi connectivity index (χ0v) is 30.7. The number of para-hydroxylation sites is 1. The van der Waals surface area contributed by atoms with Gasteiger partial charge in [-0.3, -0.25) is 24.0 Å². The average molecular weight is 784 g/mol. The highest BCUT2D eigenvalue weighted by atomic mass is 32.2. The number of carbonyl (C=O) groups is 6. The number of rotatable bonds is 17. The lowest BCUT2D eigenvalue weighted by Gasteiger charge is -2.11. The van der Waals surface area contributed by atoms with Crippen molar-refractivity contribution in [3.05, 3.63) is 65.9 Å². The Hall–Kier alpha value is -4.70. The standard InChI is InChI=1S/C14H19N3O5.C11H12N2O2.C5H11NO2S.C3H7NO2S/c15-10(5-6-12(17)18)14(21)22-9-3-1-8(2-4-9)7-11(16)13(19)20;12-9(11(14)15)5-7-6-13-10-4-2-1-3-8(7)10;1-9-3-2-4(6)5(7)8;4-2(1-7)3(5)6/h1-4,10-11H,5-7,15-16H2,(H2,17,18)(H,19,20);1-4,6,9,13H,5,12H2,(H,14,15);4H,2-3,6H2,1H3,(H,7,8);2,7H,1,4H2,(H,5,6)/t10-,11-;9-;4-;2-/m0000/s1. The summed E-state index contributed by atoms with van der Waals surface area (Å²) < 4.78 is 5.05. The maximum absolute atomic E-state index is 11.7. The Bertz CT molecular complexity index is 1610. The molecular weight excluding hydrogens is 735 g/mol. The molecule has 17 N–H and O–H groups in total. The summed E-state index contributed by atoms with van der Waals surface area (Å²) in [5, 5.41) is 34.8. The van der Waals surface area contributed by atoms with Gasteiger partial charge in [-0.1, -0.05) is 30.3 Å². The highest BCUT2D eigenvalue weighted by Crippen LogP contribution is 2.19. The predicted octanol–water partition coefficient (Wildman–Crippen LogP) is -0.259. The molecule has 0 aliphatic rings. The van der Waals surface area contributed by atoms with Gasteiger partial charge in [0.05, 0.1) is 0 Å². The minimum Gasteiger partial charge on any atom is -0.480 e. The number of hydrogen-bond donors (Lipinski definition) is 12. The van der Waals surface area contributed by atoms with E-state index in [2.05, 4.69) is 17.6 Å². The third-order valence-electron chi connectivity index (χ3n) is 6.82. The van der Waals surface area contributed by atoms with Gasteiger partial charge in [-0.2, -0.15) is 24.4 Å². The highest BCUT2D eigenvalue weighted by Gasteiger charge is 2.18. The van der Waals surface area contributed by atoms with E-state index in [1.165, 1.54) is 12.1 Å². The van der Waals surface area contributed by atoms with E-state index in [0.29, 0.717) is 18.4 Å². The van der Waals surface area contributed by atoms with Crippen LogP contribution in [-0.4, -0.2) is 109 Å². The van der Waals surface area contributed by atoms with Crippen molar-refractivity contribution in [2.24, 2.45) is 34.4 Å². The molecule has 2 aromatic carbocycles. The van der Waals surface area contributed by atoms with Crippen LogP contribution < -0.4 is 39.1 Å². The number of aliphatic carboxylic acids is 4. The molecule has 18 nitrogen and oxygen atoms in total. The number of hydrogen-bond acceptors (Lipinski definition) is 14. The van der Waals surface area contributed by atoms with Gasteiger partial charge in [-0.25, -0.2) is 4.79 Å². The number of primary amides is 1. The van der Waals surface area contributed by atoms with Crippen LogP contribution in [0.5, 0.6) is 5.75 Å². The van der Waals surface area contributed by atoms with Crippen molar-refractivity contribution in [1.82, 2.24) is 4.98 Å². The Kier molecular flexibility index (Phi) is 23.8. The molecule has 0 unspecified atom stereocenters. The molecule has 5 atom stereocenters. The summed E-state index contributed by atoms with van der Waals surface area (Å²) in [6.45, 7) is 0. The van der Waals surface area contributed by atoms with Crippen LogP contribution in [0.1, 0.15) is 30.4 Å². The number of carbonyl (C=O) groups excluding carboxylic acids is 2. The van der Waals surface area contributed by atoms with Gasteiger partial charge < -0.3 is 64.5 Å². The first kappa shape index (κ1) is 48.3. The molecule has 3 rings (SSSR count). The number of carboxylic acid groups (broad SMARTS) is 4. The molecule has 0 saturated carbocycles. The van der Waals surface area contributed by atoms with Gasteiger partial charge in [0, 0.05) is 35.7 Å². The van der Waals surface area contributed by atoms with Gasteiger partial charge in [0.25, 0.3) is 0 Å². The predicted molar refractivity (Wildman–Crippen MR) is 203 cm³/mol. The molecule has 0 radical (unpaired) electrons. The number of benzene rings is 2. The van der Waals surface area contributed by atoms with Crippen molar-refractivity contribution < 1.29 is 53.9 Å². The Balaban J connectivity index is 0.000000750. The number of H-pyrrole nitrogens is 1. The Morgan fingerprint density at radius 1 is 0.736 bits per heavy atom. The number of ether oxygens (including phenoxy) is 1. The monoisotopic (exact) mass is 783 g/mol. The van der Waals surface area contributed by atoms with Crippen molar-refractivity contribution >= 4 is 71.0 Å². The minimum atomic E-state index is -1.09. The summed E-state index contributed by atoms with van der Waals surface area (Å²) >= 11 is 5.25. The number of nitrogens with two attached hydrogens (primary N) is 6. The van der Waals surface area contributed by atoms with E-state index >= 15 is 0 Å². The first-order chi connectivity index (χ1) is 24.8. The first-order valence-electron chi connectivity index (χ1n) is 15.8.